The van der Waals surface area contributed by atoms with Crippen LogP contribution in [0.2, 0.25) is 0 Å². The van der Waals surface area contributed by atoms with Crippen LogP contribution in [0.25, 0.3) is 0 Å². The van der Waals surface area contributed by atoms with Gasteiger partial charge in [0.1, 0.15) is 5.60 Å². The molecule has 0 saturated heterocycles. The van der Waals surface area contributed by atoms with Crippen molar-refractivity contribution >= 4 is 5.69 Å². The zero-order valence-corrected chi connectivity index (χ0v) is 10.4. The average Bonchev–Trinajstić information content (AvgIpc) is 2.17. The molecule has 0 aliphatic rings. The summed E-state index contributed by atoms with van der Waals surface area (Å²) >= 11 is 0. The number of aromatic nitrogens is 1. The van der Waals surface area contributed by atoms with Crippen LogP contribution in [0.5, 0.6) is 11.8 Å². The number of rotatable bonds is 4. The number of hydrogen-bond donors (Lipinski definition) is 1. The van der Waals surface area contributed by atoms with Crippen LogP contribution in [0, 0.1) is 0 Å². The first-order valence-electron chi connectivity index (χ1n) is 5.50. The van der Waals surface area contributed by atoms with E-state index in [1.165, 1.54) is 0 Å². The SMILES string of the molecule is CCCOc1nc(OC(C)(C)C)ccc1N. The lowest BCUT2D eigenvalue weighted by Crippen LogP contribution is -2.23. The fourth-order valence-electron chi connectivity index (χ4n) is 1.12. The van der Waals surface area contributed by atoms with E-state index in [4.69, 9.17) is 15.2 Å². The van der Waals surface area contributed by atoms with Gasteiger partial charge in [0.05, 0.1) is 12.3 Å². The summed E-state index contributed by atoms with van der Waals surface area (Å²) in [6, 6.07) is 3.50. The normalized spacial score (nSPS) is 11.2. The molecule has 0 saturated carbocycles. The minimum Gasteiger partial charge on any atom is -0.476 e. The predicted molar refractivity (Wildman–Crippen MR) is 64.8 cm³/mol. The molecular weight excluding hydrogens is 204 g/mol. The van der Waals surface area contributed by atoms with Gasteiger partial charge in [-0.1, -0.05) is 6.92 Å². The van der Waals surface area contributed by atoms with Crippen molar-refractivity contribution in [3.05, 3.63) is 12.1 Å². The molecule has 90 valence electrons. The fourth-order valence-corrected chi connectivity index (χ4v) is 1.12. The van der Waals surface area contributed by atoms with Crippen LogP contribution in [0.15, 0.2) is 12.1 Å². The average molecular weight is 224 g/mol. The van der Waals surface area contributed by atoms with E-state index >= 15 is 0 Å². The Bertz CT molecular complexity index is 345. The molecule has 0 amide bonds. The van der Waals surface area contributed by atoms with E-state index in [1.54, 1.807) is 12.1 Å². The van der Waals surface area contributed by atoms with Gasteiger partial charge in [-0.2, -0.15) is 4.98 Å². The van der Waals surface area contributed by atoms with Crippen LogP contribution in [0.3, 0.4) is 0 Å². The Morgan fingerprint density at radius 2 is 2.00 bits per heavy atom. The van der Waals surface area contributed by atoms with Gasteiger partial charge in [-0.15, -0.1) is 0 Å². The summed E-state index contributed by atoms with van der Waals surface area (Å²) in [5, 5.41) is 0. The maximum atomic E-state index is 5.75. The molecule has 2 N–H and O–H groups in total. The van der Waals surface area contributed by atoms with Crippen molar-refractivity contribution in [1.29, 1.82) is 0 Å². The van der Waals surface area contributed by atoms with Gasteiger partial charge < -0.3 is 15.2 Å². The Labute approximate surface area is 96.8 Å². The monoisotopic (exact) mass is 224 g/mol. The lowest BCUT2D eigenvalue weighted by atomic mass is 10.2. The summed E-state index contributed by atoms with van der Waals surface area (Å²) in [6.45, 7) is 8.55. The van der Waals surface area contributed by atoms with Crippen LogP contribution in [-0.4, -0.2) is 17.2 Å². The molecule has 1 aromatic rings. The van der Waals surface area contributed by atoms with Crippen molar-refractivity contribution in [3.8, 4) is 11.8 Å². The molecule has 1 aromatic heterocycles. The van der Waals surface area contributed by atoms with Gasteiger partial charge >= 0.3 is 0 Å². The van der Waals surface area contributed by atoms with E-state index in [0.717, 1.165) is 6.42 Å². The van der Waals surface area contributed by atoms with E-state index in [9.17, 15) is 0 Å². The van der Waals surface area contributed by atoms with Crippen molar-refractivity contribution in [2.45, 2.75) is 39.7 Å². The highest BCUT2D eigenvalue weighted by Gasteiger charge is 2.14. The fraction of sp³-hybridized carbons (Fsp3) is 0.583. The molecule has 0 atom stereocenters. The van der Waals surface area contributed by atoms with Gasteiger partial charge in [0, 0.05) is 6.07 Å². The zero-order valence-electron chi connectivity index (χ0n) is 10.4. The van der Waals surface area contributed by atoms with E-state index < -0.39 is 0 Å². The second-order valence-electron chi connectivity index (χ2n) is 4.61. The maximum absolute atomic E-state index is 5.75. The number of anilines is 1. The van der Waals surface area contributed by atoms with Crippen LogP contribution in [0.4, 0.5) is 5.69 Å². The highest BCUT2D eigenvalue weighted by molar-refractivity contribution is 5.49. The highest BCUT2D eigenvalue weighted by Crippen LogP contribution is 2.24. The van der Waals surface area contributed by atoms with Crippen LogP contribution < -0.4 is 15.2 Å². The molecule has 4 heteroatoms. The molecule has 0 radical (unpaired) electrons. The van der Waals surface area contributed by atoms with Crippen molar-refractivity contribution in [2.24, 2.45) is 0 Å². The van der Waals surface area contributed by atoms with Crippen molar-refractivity contribution in [2.75, 3.05) is 12.3 Å². The van der Waals surface area contributed by atoms with Gasteiger partial charge in [0.2, 0.25) is 11.8 Å². The first kappa shape index (κ1) is 12.6. The van der Waals surface area contributed by atoms with Crippen LogP contribution in [0.1, 0.15) is 34.1 Å². The number of ether oxygens (including phenoxy) is 2. The molecular formula is C12H20N2O2. The van der Waals surface area contributed by atoms with E-state index in [1.807, 2.05) is 27.7 Å². The third kappa shape index (κ3) is 3.96. The summed E-state index contributed by atoms with van der Waals surface area (Å²) in [4.78, 5) is 4.23. The van der Waals surface area contributed by atoms with Gasteiger partial charge in [-0.05, 0) is 33.3 Å². The standard InChI is InChI=1S/C12H20N2O2/c1-5-8-15-11-9(13)6-7-10(14-11)16-12(2,3)4/h6-7H,5,8,13H2,1-4H3. The zero-order chi connectivity index (χ0) is 12.2. The minimum absolute atomic E-state index is 0.273. The largest absolute Gasteiger partial charge is 0.476 e. The molecule has 16 heavy (non-hydrogen) atoms. The Morgan fingerprint density at radius 1 is 1.31 bits per heavy atom. The molecule has 1 rings (SSSR count). The first-order chi connectivity index (χ1) is 7.42. The number of nitrogens with zero attached hydrogens (tertiary/aromatic N) is 1. The lowest BCUT2D eigenvalue weighted by Gasteiger charge is -2.20. The third-order valence-electron chi connectivity index (χ3n) is 1.72. The van der Waals surface area contributed by atoms with Crippen molar-refractivity contribution < 1.29 is 9.47 Å². The third-order valence-corrected chi connectivity index (χ3v) is 1.72. The number of pyridine rings is 1. The number of nitrogens with two attached hydrogens (primary N) is 1. The topological polar surface area (TPSA) is 57.4 Å². The highest BCUT2D eigenvalue weighted by atomic mass is 16.5. The molecule has 1 heterocycles. The van der Waals surface area contributed by atoms with E-state index in [2.05, 4.69) is 4.98 Å². The van der Waals surface area contributed by atoms with E-state index in [0.29, 0.717) is 24.1 Å². The molecule has 4 nitrogen and oxygen atoms in total. The summed E-state index contributed by atoms with van der Waals surface area (Å²) in [6.07, 6.45) is 0.922. The van der Waals surface area contributed by atoms with Crippen LogP contribution >= 0.6 is 0 Å². The van der Waals surface area contributed by atoms with Gasteiger partial charge in [-0.3, -0.25) is 0 Å². The molecule has 0 aromatic carbocycles. The maximum Gasteiger partial charge on any atom is 0.240 e. The molecule has 0 aliphatic heterocycles. The van der Waals surface area contributed by atoms with E-state index in [-0.39, 0.29) is 5.60 Å². The molecule has 0 aliphatic carbocycles. The van der Waals surface area contributed by atoms with Crippen molar-refractivity contribution in [1.82, 2.24) is 4.98 Å². The summed E-state index contributed by atoms with van der Waals surface area (Å²) in [5.41, 5.74) is 6.02. The van der Waals surface area contributed by atoms with Gasteiger partial charge in [0.25, 0.3) is 0 Å². The van der Waals surface area contributed by atoms with Gasteiger partial charge in [-0.25, -0.2) is 0 Å². The Morgan fingerprint density at radius 3 is 2.56 bits per heavy atom. The Balaban J connectivity index is 2.81. The molecule has 0 unspecified atom stereocenters. The summed E-state index contributed by atoms with van der Waals surface area (Å²) in [7, 11) is 0. The number of hydrogen-bond acceptors (Lipinski definition) is 4. The lowest BCUT2D eigenvalue weighted by molar-refractivity contribution is 0.122. The second-order valence-corrected chi connectivity index (χ2v) is 4.61. The number of nitrogen functional groups attached to an aromatic ring is 1. The predicted octanol–water partition coefficient (Wildman–Crippen LogP) is 2.63. The smallest absolute Gasteiger partial charge is 0.240 e. The Hall–Kier alpha value is -1.45. The summed E-state index contributed by atoms with van der Waals surface area (Å²) in [5.74, 6) is 0.983. The Kier molecular flexibility index (Phi) is 3.99. The second kappa shape index (κ2) is 5.05. The summed E-state index contributed by atoms with van der Waals surface area (Å²) < 4.78 is 11.1. The van der Waals surface area contributed by atoms with Gasteiger partial charge in [0.15, 0.2) is 0 Å². The minimum atomic E-state index is -0.273. The quantitative estimate of drug-likeness (QED) is 0.854. The molecule has 0 spiro atoms. The van der Waals surface area contributed by atoms with Crippen molar-refractivity contribution in [3.63, 3.8) is 0 Å². The molecule has 0 bridgehead atoms. The molecule has 0 fully saturated rings. The first-order valence-corrected chi connectivity index (χ1v) is 5.50. The van der Waals surface area contributed by atoms with Crippen LogP contribution in [-0.2, 0) is 0 Å².